The maximum Gasteiger partial charge on any atom is 0.227 e. The Hall–Kier alpha value is -7.18. The van der Waals surface area contributed by atoms with E-state index in [1.807, 2.05) is 60.7 Å². The van der Waals surface area contributed by atoms with Gasteiger partial charge in [0.1, 0.15) is 16.6 Å². The lowest BCUT2D eigenvalue weighted by atomic mass is 9.96. The van der Waals surface area contributed by atoms with Crippen LogP contribution in [0.3, 0.4) is 0 Å². The number of anilines is 3. The first-order valence-electron chi connectivity index (χ1n) is 17.1. The van der Waals surface area contributed by atoms with Crippen LogP contribution in [0.15, 0.2) is 189 Å². The molecule has 3 heterocycles. The van der Waals surface area contributed by atoms with Crippen LogP contribution in [0.25, 0.3) is 78.3 Å². The Labute approximate surface area is 298 Å². The average Bonchev–Trinajstić information content (AvgIpc) is 3.98. The Morgan fingerprint density at radius 2 is 0.904 bits per heavy atom. The third kappa shape index (κ3) is 5.30. The van der Waals surface area contributed by atoms with Gasteiger partial charge < -0.3 is 18.2 Å². The molecule has 10 rings (SSSR count). The van der Waals surface area contributed by atoms with Gasteiger partial charge in [0.15, 0.2) is 11.2 Å². The van der Waals surface area contributed by atoms with Crippen molar-refractivity contribution in [2.24, 2.45) is 0 Å². The molecule has 0 atom stereocenters. The highest BCUT2D eigenvalue weighted by molar-refractivity contribution is 5.96. The summed E-state index contributed by atoms with van der Waals surface area (Å²) in [6.45, 7) is 0. The number of hydrogen-bond acceptors (Lipinski definition) is 6. The van der Waals surface area contributed by atoms with Crippen LogP contribution in [0.1, 0.15) is 0 Å². The lowest BCUT2D eigenvalue weighted by Gasteiger charge is -2.26. The highest BCUT2D eigenvalue weighted by atomic mass is 16.4. The van der Waals surface area contributed by atoms with E-state index in [-0.39, 0.29) is 0 Å². The van der Waals surface area contributed by atoms with Gasteiger partial charge in [-0.3, -0.25) is 0 Å². The summed E-state index contributed by atoms with van der Waals surface area (Å²) in [6.07, 6.45) is 1.76. The molecule has 0 saturated heterocycles. The number of fused-ring (bicyclic) bond motifs is 3. The summed E-state index contributed by atoms with van der Waals surface area (Å²) in [5.74, 6) is 1.19. The third-order valence-corrected chi connectivity index (χ3v) is 9.43. The van der Waals surface area contributed by atoms with E-state index in [0.29, 0.717) is 11.8 Å². The fourth-order valence-corrected chi connectivity index (χ4v) is 6.83. The number of para-hydroxylation sites is 4. The van der Waals surface area contributed by atoms with Crippen LogP contribution in [-0.4, -0.2) is 9.97 Å². The van der Waals surface area contributed by atoms with Crippen LogP contribution in [0.4, 0.5) is 17.1 Å². The number of furan rings is 1. The summed E-state index contributed by atoms with van der Waals surface area (Å²) in [7, 11) is 0. The van der Waals surface area contributed by atoms with Crippen molar-refractivity contribution in [1.82, 2.24) is 9.97 Å². The second-order valence-corrected chi connectivity index (χ2v) is 12.7. The predicted octanol–water partition coefficient (Wildman–Crippen LogP) is 12.9. The molecule has 0 aliphatic carbocycles. The summed E-state index contributed by atoms with van der Waals surface area (Å²) in [4.78, 5) is 11.7. The topological polar surface area (TPSA) is 68.4 Å². The molecule has 0 aliphatic rings. The van der Waals surface area contributed by atoms with Gasteiger partial charge >= 0.3 is 0 Å². The van der Waals surface area contributed by atoms with Gasteiger partial charge in [0.2, 0.25) is 11.8 Å². The highest BCUT2D eigenvalue weighted by Gasteiger charge is 2.17. The second-order valence-electron chi connectivity index (χ2n) is 12.7. The molecule has 0 spiro atoms. The molecule has 0 unspecified atom stereocenters. The molecule has 0 N–H and O–H groups in total. The maximum absolute atomic E-state index is 6.07. The lowest BCUT2D eigenvalue weighted by molar-refractivity contribution is 0.617. The molecule has 6 heteroatoms. The van der Waals surface area contributed by atoms with Gasteiger partial charge in [0, 0.05) is 39.1 Å². The lowest BCUT2D eigenvalue weighted by Crippen LogP contribution is -2.09. The first-order chi connectivity index (χ1) is 25.7. The van der Waals surface area contributed by atoms with Gasteiger partial charge in [0.05, 0.1) is 6.26 Å². The summed E-state index contributed by atoms with van der Waals surface area (Å²) >= 11 is 0. The third-order valence-electron chi connectivity index (χ3n) is 9.43. The van der Waals surface area contributed by atoms with Gasteiger partial charge in [0.25, 0.3) is 0 Å². The number of nitrogens with zero attached hydrogens (tertiary/aromatic N) is 3. The normalized spacial score (nSPS) is 11.5. The van der Waals surface area contributed by atoms with Crippen molar-refractivity contribution in [3.8, 4) is 45.2 Å². The molecule has 0 saturated carbocycles. The van der Waals surface area contributed by atoms with Crippen molar-refractivity contribution in [1.29, 1.82) is 0 Å². The molecule has 6 nitrogen and oxygen atoms in total. The van der Waals surface area contributed by atoms with Gasteiger partial charge in [-0.25, -0.2) is 9.97 Å². The van der Waals surface area contributed by atoms with Gasteiger partial charge in [-0.15, -0.1) is 0 Å². The van der Waals surface area contributed by atoms with Gasteiger partial charge in [-0.1, -0.05) is 66.7 Å². The molecule has 0 bridgehead atoms. The minimum atomic E-state index is 0.593. The molecule has 52 heavy (non-hydrogen) atoms. The van der Waals surface area contributed by atoms with E-state index in [1.54, 1.807) is 6.26 Å². The second kappa shape index (κ2) is 12.3. The number of rotatable bonds is 7. The zero-order valence-corrected chi connectivity index (χ0v) is 27.8. The highest BCUT2D eigenvalue weighted by Crippen LogP contribution is 2.40. The molecule has 3 aromatic heterocycles. The molecule has 246 valence electrons. The van der Waals surface area contributed by atoms with Crippen LogP contribution >= 0.6 is 0 Å². The Bertz CT molecular complexity index is 2650. The largest absolute Gasteiger partial charge is 0.464 e. The Morgan fingerprint density at radius 1 is 0.404 bits per heavy atom. The first-order valence-corrected chi connectivity index (χ1v) is 17.1. The summed E-state index contributed by atoms with van der Waals surface area (Å²) < 4.78 is 18.1. The molecule has 0 aliphatic heterocycles. The van der Waals surface area contributed by atoms with E-state index in [0.717, 1.165) is 83.6 Å². The maximum atomic E-state index is 6.07. The van der Waals surface area contributed by atoms with Crippen molar-refractivity contribution in [3.63, 3.8) is 0 Å². The van der Waals surface area contributed by atoms with E-state index in [9.17, 15) is 0 Å². The molecule has 0 radical (unpaired) electrons. The Balaban J connectivity index is 1.03. The average molecular weight is 672 g/mol. The van der Waals surface area contributed by atoms with Gasteiger partial charge in [-0.2, -0.15) is 0 Å². The van der Waals surface area contributed by atoms with E-state index in [4.69, 9.17) is 23.2 Å². The monoisotopic (exact) mass is 671 g/mol. The standard InChI is InChI=1S/C46H29N3O3/c1-2-8-31(9-3-1)39-29-35(28-34-26-27-50-44(34)39)30-14-20-36(21-15-30)49(37-22-16-32(17-23-37)45-47-40-10-4-6-12-42(40)51-45)38-24-18-33(19-25-38)46-48-41-11-5-7-13-43(41)52-46/h1-29H. The fraction of sp³-hybridized carbons (Fsp3) is 0. The minimum Gasteiger partial charge on any atom is -0.464 e. The number of oxazole rings is 2. The Morgan fingerprint density at radius 3 is 1.44 bits per heavy atom. The smallest absolute Gasteiger partial charge is 0.227 e. The predicted molar refractivity (Wildman–Crippen MR) is 208 cm³/mol. The fourth-order valence-electron chi connectivity index (χ4n) is 6.83. The quantitative estimate of drug-likeness (QED) is 0.168. The molecule has 0 amide bonds. The van der Waals surface area contributed by atoms with Crippen LogP contribution in [0, 0.1) is 0 Å². The molecule has 10 aromatic rings. The van der Waals surface area contributed by atoms with Crippen molar-refractivity contribution < 1.29 is 13.3 Å². The van der Waals surface area contributed by atoms with Crippen LogP contribution in [-0.2, 0) is 0 Å². The summed E-state index contributed by atoms with van der Waals surface area (Å²) in [5.41, 5.74) is 13.3. The first kappa shape index (κ1) is 29.7. The van der Waals surface area contributed by atoms with Crippen LogP contribution in [0.5, 0.6) is 0 Å². The zero-order chi connectivity index (χ0) is 34.4. The van der Waals surface area contributed by atoms with Crippen molar-refractivity contribution in [2.45, 2.75) is 0 Å². The molecule has 7 aromatic carbocycles. The molecular formula is C46H29N3O3. The minimum absolute atomic E-state index is 0.593. The van der Waals surface area contributed by atoms with Crippen molar-refractivity contribution in [3.05, 3.63) is 176 Å². The number of hydrogen-bond donors (Lipinski definition) is 0. The van der Waals surface area contributed by atoms with E-state index < -0.39 is 0 Å². The van der Waals surface area contributed by atoms with E-state index >= 15 is 0 Å². The molecule has 0 fully saturated rings. The Kier molecular flexibility index (Phi) is 7.03. The zero-order valence-electron chi connectivity index (χ0n) is 27.8. The van der Waals surface area contributed by atoms with Crippen LogP contribution < -0.4 is 4.90 Å². The summed E-state index contributed by atoms with van der Waals surface area (Å²) in [5, 5.41) is 1.07. The van der Waals surface area contributed by atoms with Crippen molar-refractivity contribution in [2.75, 3.05) is 4.90 Å². The van der Waals surface area contributed by atoms with E-state index in [1.165, 1.54) is 0 Å². The van der Waals surface area contributed by atoms with Gasteiger partial charge in [-0.05, 0) is 120 Å². The number of aromatic nitrogens is 2. The summed E-state index contributed by atoms with van der Waals surface area (Å²) in [6, 6.07) is 57.8. The SMILES string of the molecule is c1ccc(-c2cc(-c3ccc(N(c4ccc(-c5nc6ccccc6o5)cc4)c4ccc(-c5nc6ccccc6o5)cc4)cc3)cc3ccoc23)cc1. The van der Waals surface area contributed by atoms with E-state index in [2.05, 4.69) is 114 Å². The number of benzene rings is 7. The van der Waals surface area contributed by atoms with Crippen molar-refractivity contribution >= 4 is 50.2 Å². The molecular weight excluding hydrogens is 643 g/mol. The van der Waals surface area contributed by atoms with Crippen LogP contribution in [0.2, 0.25) is 0 Å².